The highest BCUT2D eigenvalue weighted by atomic mass is 19.4. The molecule has 1 aromatic rings. The summed E-state index contributed by atoms with van der Waals surface area (Å²) in [5.74, 6) is -2.47. The highest BCUT2D eigenvalue weighted by Gasteiger charge is 2.52. The van der Waals surface area contributed by atoms with Crippen molar-refractivity contribution in [3.05, 3.63) is 35.4 Å². The zero-order valence-corrected chi connectivity index (χ0v) is 12.2. The monoisotopic (exact) mass is 351 g/mol. The quantitative estimate of drug-likeness (QED) is 0.775. The first-order valence-corrected chi connectivity index (χ1v) is 7.06. The number of alkyl halides is 5. The van der Waals surface area contributed by atoms with E-state index in [4.69, 9.17) is 5.11 Å². The predicted molar refractivity (Wildman–Crippen MR) is 72.5 cm³/mol. The molecule has 1 aliphatic rings. The second-order valence-corrected chi connectivity index (χ2v) is 5.65. The fourth-order valence-electron chi connectivity index (χ4n) is 2.46. The van der Waals surface area contributed by atoms with Gasteiger partial charge in [-0.15, -0.1) is 0 Å². The molecule has 1 saturated carbocycles. The van der Waals surface area contributed by atoms with Crippen LogP contribution >= 0.6 is 0 Å². The van der Waals surface area contributed by atoms with Gasteiger partial charge in [-0.05, 0) is 24.5 Å². The molecule has 0 aromatic heterocycles. The van der Waals surface area contributed by atoms with Crippen LogP contribution in [0, 0.1) is 0 Å². The molecule has 1 aliphatic carbocycles. The number of carboxylic acid groups (broad SMARTS) is 1. The van der Waals surface area contributed by atoms with Gasteiger partial charge < -0.3 is 10.4 Å². The molecule has 1 unspecified atom stereocenters. The van der Waals surface area contributed by atoms with Crippen molar-refractivity contribution in [3.63, 3.8) is 0 Å². The smallest absolute Gasteiger partial charge is 0.416 e. The fraction of sp³-hybridized carbons (Fsp3) is 0.467. The molecule has 132 valence electrons. The molecule has 0 radical (unpaired) electrons. The number of aliphatic carboxylic acids is 1. The summed E-state index contributed by atoms with van der Waals surface area (Å²) >= 11 is 0. The lowest BCUT2D eigenvalue weighted by atomic mass is 9.92. The molecule has 9 heteroatoms. The number of hydrogen-bond acceptors (Lipinski definition) is 2. The second kappa shape index (κ2) is 6.37. The van der Waals surface area contributed by atoms with Gasteiger partial charge in [-0.3, -0.25) is 4.79 Å². The number of carbonyl (C=O) groups is 2. The lowest BCUT2D eigenvalue weighted by molar-refractivity contribution is -0.143. The Hall–Kier alpha value is -2.19. The first-order chi connectivity index (χ1) is 11.1. The third kappa shape index (κ3) is 3.82. The maximum Gasteiger partial charge on any atom is 0.416 e. The van der Waals surface area contributed by atoms with Gasteiger partial charge in [0.1, 0.15) is 6.04 Å². The molecule has 1 amide bonds. The molecule has 4 nitrogen and oxygen atoms in total. The van der Waals surface area contributed by atoms with Crippen molar-refractivity contribution in [2.24, 2.45) is 0 Å². The first-order valence-electron chi connectivity index (χ1n) is 7.06. The third-order valence-electron chi connectivity index (χ3n) is 3.94. The van der Waals surface area contributed by atoms with Gasteiger partial charge in [0, 0.05) is 6.42 Å². The van der Waals surface area contributed by atoms with E-state index in [1.165, 1.54) is 6.07 Å². The van der Waals surface area contributed by atoms with Gasteiger partial charge in [-0.2, -0.15) is 13.2 Å². The van der Waals surface area contributed by atoms with Crippen LogP contribution in [0.5, 0.6) is 0 Å². The van der Waals surface area contributed by atoms with E-state index < -0.39 is 47.9 Å². The molecule has 0 bridgehead atoms. The Morgan fingerprint density at radius 3 is 2.33 bits per heavy atom. The Labute approximate surface area is 133 Å². The summed E-state index contributed by atoms with van der Waals surface area (Å²) in [4.78, 5) is 23.2. The number of nitrogens with one attached hydrogen (secondary N) is 1. The molecule has 0 spiro atoms. The Kier molecular flexibility index (Phi) is 4.82. The normalized spacial score (nSPS) is 17.4. The lowest BCUT2D eigenvalue weighted by Gasteiger charge is -2.20. The van der Waals surface area contributed by atoms with E-state index in [9.17, 15) is 31.5 Å². The largest absolute Gasteiger partial charge is 0.480 e. The highest BCUT2D eigenvalue weighted by molar-refractivity contribution is 5.94. The van der Waals surface area contributed by atoms with Crippen LogP contribution in [0.25, 0.3) is 0 Å². The first kappa shape index (κ1) is 18.2. The third-order valence-corrected chi connectivity index (χ3v) is 3.94. The predicted octanol–water partition coefficient (Wildman–Crippen LogP) is 2.96. The van der Waals surface area contributed by atoms with Crippen molar-refractivity contribution < 1.29 is 36.6 Å². The minimum Gasteiger partial charge on any atom is -0.480 e. The van der Waals surface area contributed by atoms with E-state index in [1.807, 2.05) is 5.32 Å². The Bertz CT molecular complexity index is 640. The topological polar surface area (TPSA) is 66.4 Å². The molecule has 1 fully saturated rings. The van der Waals surface area contributed by atoms with Crippen molar-refractivity contribution in [3.8, 4) is 0 Å². The van der Waals surface area contributed by atoms with Crippen molar-refractivity contribution in [1.29, 1.82) is 0 Å². The molecule has 1 atom stereocenters. The number of amides is 1. The minimum atomic E-state index is -4.58. The minimum absolute atomic E-state index is 0.0935. The number of hydrogen-bond donors (Lipinski definition) is 2. The van der Waals surface area contributed by atoms with Gasteiger partial charge in [0.05, 0.1) is 11.0 Å². The van der Waals surface area contributed by atoms with Crippen LogP contribution in [-0.4, -0.2) is 29.5 Å². The van der Waals surface area contributed by atoms with E-state index >= 15 is 0 Å². The van der Waals surface area contributed by atoms with Gasteiger partial charge >= 0.3 is 12.1 Å². The number of rotatable bonds is 6. The molecule has 0 saturated heterocycles. The molecule has 1 aromatic carbocycles. The maximum absolute atomic E-state index is 12.8. The highest BCUT2D eigenvalue weighted by Crippen LogP contribution is 2.49. The van der Waals surface area contributed by atoms with Crippen LogP contribution in [0.2, 0.25) is 0 Å². The molecule has 2 N–H and O–H groups in total. The Morgan fingerprint density at radius 2 is 1.88 bits per heavy atom. The molecule has 0 heterocycles. The number of carboxylic acids is 1. The van der Waals surface area contributed by atoms with Crippen LogP contribution in [0.3, 0.4) is 0 Å². The van der Waals surface area contributed by atoms with Gasteiger partial charge in [0.25, 0.3) is 0 Å². The molecular formula is C15H14F5NO3. The van der Waals surface area contributed by atoms with Crippen LogP contribution < -0.4 is 5.32 Å². The number of carbonyl (C=O) groups excluding carboxylic acids is 1. The fourth-order valence-corrected chi connectivity index (χ4v) is 2.46. The van der Waals surface area contributed by atoms with Crippen molar-refractivity contribution in [1.82, 2.24) is 5.32 Å². The van der Waals surface area contributed by atoms with Gasteiger partial charge in [-0.25, -0.2) is 13.6 Å². The average Bonchev–Trinajstić information content (AvgIpc) is 3.27. The molecule has 0 aliphatic heterocycles. The summed E-state index contributed by atoms with van der Waals surface area (Å²) in [6, 6.07) is 2.38. The maximum atomic E-state index is 12.8. The SMILES string of the molecule is O=C(O)C(CC(F)F)NC(=O)C1(c2cccc(C(F)(F)F)c2)CC1. The summed E-state index contributed by atoms with van der Waals surface area (Å²) < 4.78 is 63.1. The summed E-state index contributed by atoms with van der Waals surface area (Å²) in [6.45, 7) is 0. The van der Waals surface area contributed by atoms with Gasteiger partial charge in [0.2, 0.25) is 12.3 Å². The van der Waals surface area contributed by atoms with Crippen LogP contribution in [0.1, 0.15) is 30.4 Å². The van der Waals surface area contributed by atoms with Crippen molar-refractivity contribution in [2.45, 2.75) is 43.3 Å². The van der Waals surface area contributed by atoms with Crippen molar-refractivity contribution >= 4 is 11.9 Å². The second-order valence-electron chi connectivity index (χ2n) is 5.65. The summed E-state index contributed by atoms with van der Waals surface area (Å²) in [5.41, 5.74) is -2.13. The van der Waals surface area contributed by atoms with Crippen LogP contribution in [0.15, 0.2) is 24.3 Å². The van der Waals surface area contributed by atoms with Crippen LogP contribution in [0.4, 0.5) is 22.0 Å². The molecular weight excluding hydrogens is 337 g/mol. The summed E-state index contributed by atoms with van der Waals surface area (Å²) in [6.07, 6.45) is -8.14. The Balaban J connectivity index is 2.21. The lowest BCUT2D eigenvalue weighted by Crippen LogP contribution is -2.46. The van der Waals surface area contributed by atoms with Gasteiger partial charge in [-0.1, -0.05) is 18.2 Å². The molecule has 24 heavy (non-hydrogen) atoms. The standard InChI is InChI=1S/C15H14F5NO3/c16-11(17)7-10(12(22)23)21-13(24)14(4-5-14)8-2-1-3-9(6-8)15(18,19)20/h1-3,6,10-11H,4-5,7H2,(H,21,24)(H,22,23). The molecule has 2 rings (SSSR count). The van der Waals surface area contributed by atoms with E-state index in [-0.39, 0.29) is 18.4 Å². The van der Waals surface area contributed by atoms with E-state index in [1.54, 1.807) is 0 Å². The summed E-state index contributed by atoms with van der Waals surface area (Å²) in [5, 5.41) is 10.9. The average molecular weight is 351 g/mol. The van der Waals surface area contributed by atoms with Gasteiger partial charge in [0.15, 0.2) is 0 Å². The Morgan fingerprint density at radius 1 is 1.25 bits per heavy atom. The number of benzene rings is 1. The van der Waals surface area contributed by atoms with Crippen molar-refractivity contribution in [2.75, 3.05) is 0 Å². The zero-order chi connectivity index (χ0) is 18.1. The van der Waals surface area contributed by atoms with E-state index in [2.05, 4.69) is 0 Å². The number of halogens is 5. The van der Waals surface area contributed by atoms with E-state index in [0.29, 0.717) is 0 Å². The summed E-state index contributed by atoms with van der Waals surface area (Å²) in [7, 11) is 0. The van der Waals surface area contributed by atoms with Crippen LogP contribution in [-0.2, 0) is 21.2 Å². The zero-order valence-electron chi connectivity index (χ0n) is 12.2. The van der Waals surface area contributed by atoms with E-state index in [0.717, 1.165) is 18.2 Å².